The normalized spacial score (nSPS) is 17.2. The van der Waals surface area contributed by atoms with Gasteiger partial charge in [0.1, 0.15) is 5.69 Å². The summed E-state index contributed by atoms with van der Waals surface area (Å²) in [6, 6.07) is 12.3. The van der Waals surface area contributed by atoms with Gasteiger partial charge in [-0.3, -0.25) is 4.79 Å². The number of anilines is 1. The average molecular weight is 307 g/mol. The molecule has 1 fully saturated rings. The van der Waals surface area contributed by atoms with E-state index in [4.69, 9.17) is 0 Å². The van der Waals surface area contributed by atoms with Crippen molar-refractivity contribution in [1.29, 1.82) is 0 Å². The summed E-state index contributed by atoms with van der Waals surface area (Å²) in [5, 5.41) is 0. The van der Waals surface area contributed by atoms with Crippen LogP contribution in [0.1, 0.15) is 34.5 Å². The van der Waals surface area contributed by atoms with Gasteiger partial charge in [-0.25, -0.2) is 4.98 Å². The minimum absolute atomic E-state index is 0.0347. The molecule has 2 aromatic rings. The van der Waals surface area contributed by atoms with Gasteiger partial charge in [-0.2, -0.15) is 0 Å². The monoisotopic (exact) mass is 307 g/mol. The van der Waals surface area contributed by atoms with Gasteiger partial charge in [-0.05, 0) is 42.5 Å². The molecule has 1 saturated heterocycles. The fraction of sp³-hybridized carbons (Fsp3) is 0.368. The van der Waals surface area contributed by atoms with Gasteiger partial charge in [0.15, 0.2) is 0 Å². The lowest BCUT2D eigenvalue weighted by Crippen LogP contribution is -2.36. The molecule has 4 heteroatoms. The van der Waals surface area contributed by atoms with Crippen LogP contribution in [0.5, 0.6) is 0 Å². The number of benzene rings is 1. The van der Waals surface area contributed by atoms with E-state index in [1.165, 1.54) is 24.0 Å². The molecule has 2 aliphatic heterocycles. The molecule has 0 spiro atoms. The first kappa shape index (κ1) is 14.2. The smallest absolute Gasteiger partial charge is 0.272 e. The minimum atomic E-state index is 0.0347. The molecule has 23 heavy (non-hydrogen) atoms. The fourth-order valence-electron chi connectivity index (χ4n) is 3.51. The molecular formula is C19H21N3O. The van der Waals surface area contributed by atoms with E-state index in [-0.39, 0.29) is 5.91 Å². The third-order valence-corrected chi connectivity index (χ3v) is 4.86. The molecule has 0 atom stereocenters. The first-order valence-corrected chi connectivity index (χ1v) is 8.38. The predicted octanol–water partition coefficient (Wildman–Crippen LogP) is 2.88. The van der Waals surface area contributed by atoms with E-state index in [9.17, 15) is 4.79 Å². The molecule has 0 radical (unpaired) electrons. The highest BCUT2D eigenvalue weighted by atomic mass is 16.2. The van der Waals surface area contributed by atoms with E-state index in [2.05, 4.69) is 28.1 Å². The zero-order valence-corrected chi connectivity index (χ0v) is 13.2. The molecule has 0 aliphatic carbocycles. The molecule has 3 heterocycles. The van der Waals surface area contributed by atoms with Crippen LogP contribution in [0.2, 0.25) is 0 Å². The van der Waals surface area contributed by atoms with Gasteiger partial charge in [-0.15, -0.1) is 0 Å². The zero-order valence-electron chi connectivity index (χ0n) is 13.2. The third-order valence-electron chi connectivity index (χ3n) is 4.86. The quantitative estimate of drug-likeness (QED) is 0.856. The highest BCUT2D eigenvalue weighted by molar-refractivity contribution is 5.92. The van der Waals surface area contributed by atoms with Crippen LogP contribution >= 0.6 is 0 Å². The van der Waals surface area contributed by atoms with Crippen molar-refractivity contribution in [2.45, 2.75) is 25.8 Å². The molecule has 4 nitrogen and oxygen atoms in total. The van der Waals surface area contributed by atoms with Crippen molar-refractivity contribution in [2.75, 3.05) is 24.5 Å². The maximum atomic E-state index is 12.7. The average Bonchev–Trinajstić information content (AvgIpc) is 3.15. The lowest BCUT2D eigenvalue weighted by Gasteiger charge is -2.28. The van der Waals surface area contributed by atoms with E-state index in [1.807, 2.05) is 29.3 Å². The van der Waals surface area contributed by atoms with Gasteiger partial charge >= 0.3 is 0 Å². The van der Waals surface area contributed by atoms with Crippen LogP contribution in [-0.4, -0.2) is 35.4 Å². The van der Waals surface area contributed by atoms with Crippen molar-refractivity contribution in [3.05, 3.63) is 59.4 Å². The van der Waals surface area contributed by atoms with E-state index >= 15 is 0 Å². The Morgan fingerprint density at radius 1 is 0.957 bits per heavy atom. The number of amides is 1. The molecule has 1 amide bonds. The summed E-state index contributed by atoms with van der Waals surface area (Å²) in [5.41, 5.74) is 4.28. The Morgan fingerprint density at radius 2 is 1.74 bits per heavy atom. The summed E-state index contributed by atoms with van der Waals surface area (Å²) in [4.78, 5) is 21.3. The number of aromatic nitrogens is 1. The van der Waals surface area contributed by atoms with E-state index in [1.54, 1.807) is 0 Å². The Morgan fingerprint density at radius 3 is 2.48 bits per heavy atom. The first-order valence-electron chi connectivity index (χ1n) is 8.38. The number of carbonyl (C=O) groups excluding carboxylic acids is 1. The SMILES string of the molecule is O=C(c1ccc(N2CCCC2)cn1)N1CCc2ccccc2C1. The van der Waals surface area contributed by atoms with Gasteiger partial charge in [0.05, 0.1) is 11.9 Å². The lowest BCUT2D eigenvalue weighted by atomic mass is 10.00. The maximum Gasteiger partial charge on any atom is 0.272 e. The van der Waals surface area contributed by atoms with Crippen LogP contribution < -0.4 is 4.90 Å². The molecule has 0 saturated carbocycles. The van der Waals surface area contributed by atoms with E-state index in [0.29, 0.717) is 12.2 Å². The van der Waals surface area contributed by atoms with Crippen molar-refractivity contribution >= 4 is 11.6 Å². The Labute approximate surface area is 136 Å². The summed E-state index contributed by atoms with van der Waals surface area (Å²) in [7, 11) is 0. The summed E-state index contributed by atoms with van der Waals surface area (Å²) in [5.74, 6) is 0.0347. The molecule has 1 aromatic carbocycles. The second kappa shape index (κ2) is 6.03. The number of carbonyl (C=O) groups is 1. The van der Waals surface area contributed by atoms with Crippen molar-refractivity contribution in [2.24, 2.45) is 0 Å². The van der Waals surface area contributed by atoms with Crippen molar-refractivity contribution in [1.82, 2.24) is 9.88 Å². The highest BCUT2D eigenvalue weighted by Crippen LogP contribution is 2.22. The van der Waals surface area contributed by atoms with Gasteiger partial charge < -0.3 is 9.80 Å². The molecular weight excluding hydrogens is 286 g/mol. The zero-order chi connectivity index (χ0) is 15.6. The number of rotatable bonds is 2. The molecule has 118 valence electrons. The van der Waals surface area contributed by atoms with Crippen LogP contribution in [-0.2, 0) is 13.0 Å². The summed E-state index contributed by atoms with van der Waals surface area (Å²) >= 11 is 0. The van der Waals surface area contributed by atoms with Gasteiger partial charge in [0, 0.05) is 26.2 Å². The standard InChI is InChI=1S/C19H21N3O/c23-19(22-12-9-15-5-1-2-6-16(15)14-22)18-8-7-17(13-20-18)21-10-3-4-11-21/h1-2,5-8,13H,3-4,9-12,14H2. The molecule has 1 aromatic heterocycles. The first-order chi connectivity index (χ1) is 11.3. The summed E-state index contributed by atoms with van der Waals surface area (Å²) in [6.07, 6.45) is 5.26. The molecule has 2 aliphatic rings. The minimum Gasteiger partial charge on any atom is -0.370 e. The molecule has 4 rings (SSSR count). The van der Waals surface area contributed by atoms with Crippen molar-refractivity contribution < 1.29 is 4.79 Å². The van der Waals surface area contributed by atoms with E-state index in [0.717, 1.165) is 31.7 Å². The molecule has 0 unspecified atom stereocenters. The number of hydrogen-bond donors (Lipinski definition) is 0. The Kier molecular flexibility index (Phi) is 3.74. The number of nitrogens with zero attached hydrogens (tertiary/aromatic N) is 3. The second-order valence-corrected chi connectivity index (χ2v) is 6.34. The van der Waals surface area contributed by atoms with Crippen LogP contribution in [0.15, 0.2) is 42.6 Å². The van der Waals surface area contributed by atoms with Crippen LogP contribution in [0.4, 0.5) is 5.69 Å². The summed E-state index contributed by atoms with van der Waals surface area (Å²) in [6.45, 7) is 3.64. The maximum absolute atomic E-state index is 12.7. The summed E-state index contributed by atoms with van der Waals surface area (Å²) < 4.78 is 0. The Bertz CT molecular complexity index is 705. The lowest BCUT2D eigenvalue weighted by molar-refractivity contribution is 0.0729. The van der Waals surface area contributed by atoms with Crippen LogP contribution in [0.25, 0.3) is 0 Å². The van der Waals surface area contributed by atoms with E-state index < -0.39 is 0 Å². The second-order valence-electron chi connectivity index (χ2n) is 6.34. The Balaban J connectivity index is 1.49. The third kappa shape index (κ3) is 2.81. The fourth-order valence-corrected chi connectivity index (χ4v) is 3.51. The largest absolute Gasteiger partial charge is 0.370 e. The van der Waals surface area contributed by atoms with Gasteiger partial charge in [0.25, 0.3) is 5.91 Å². The van der Waals surface area contributed by atoms with Crippen molar-refractivity contribution in [3.8, 4) is 0 Å². The van der Waals surface area contributed by atoms with Crippen LogP contribution in [0, 0.1) is 0 Å². The van der Waals surface area contributed by atoms with Gasteiger partial charge in [-0.1, -0.05) is 24.3 Å². The Hall–Kier alpha value is -2.36. The number of hydrogen-bond acceptors (Lipinski definition) is 3. The van der Waals surface area contributed by atoms with Crippen molar-refractivity contribution in [3.63, 3.8) is 0 Å². The van der Waals surface area contributed by atoms with Gasteiger partial charge in [0.2, 0.25) is 0 Å². The molecule has 0 bridgehead atoms. The number of pyridine rings is 1. The highest BCUT2D eigenvalue weighted by Gasteiger charge is 2.22. The number of fused-ring (bicyclic) bond motifs is 1. The topological polar surface area (TPSA) is 36.4 Å². The molecule has 0 N–H and O–H groups in total. The predicted molar refractivity (Wildman–Crippen MR) is 90.6 cm³/mol. The van der Waals surface area contributed by atoms with Crippen LogP contribution in [0.3, 0.4) is 0 Å².